The predicted molar refractivity (Wildman–Crippen MR) is 145 cm³/mol. The minimum atomic E-state index is -3.60. The van der Waals surface area contributed by atoms with Gasteiger partial charge in [0.2, 0.25) is 21.8 Å². The Morgan fingerprint density at radius 1 is 1.05 bits per heavy atom. The monoisotopic (exact) mass is 555 g/mol. The van der Waals surface area contributed by atoms with E-state index < -0.39 is 45.8 Å². The Labute approximate surface area is 226 Å². The number of imide groups is 1. The number of hydrogen-bond acceptors (Lipinski definition) is 6. The molecule has 206 valence electrons. The highest BCUT2D eigenvalue weighted by atomic mass is 32.2. The second kappa shape index (κ2) is 9.99. The van der Waals surface area contributed by atoms with Crippen molar-refractivity contribution in [1.29, 1.82) is 0 Å². The van der Waals surface area contributed by atoms with Crippen LogP contribution in [0.4, 0.5) is 26.2 Å². The standard InChI is InChI=1S/C27H30FN5O5S/c1-4-12-39(37,38)30-17-6-5-7-19(14-17)32-25-24(26(35)33(27(32)36)18-9-10-18)22(15-23(34)31(25)3)29-21-11-8-16(2)13-20(21)28/h5-8,11,13-15,18,24-25,29-30H,4,9-10,12H2,1-3H3. The number of carbonyl (C=O) groups is 3. The van der Waals surface area contributed by atoms with Gasteiger partial charge in [-0.15, -0.1) is 0 Å². The Morgan fingerprint density at radius 2 is 1.79 bits per heavy atom. The minimum Gasteiger partial charge on any atom is -0.356 e. The summed E-state index contributed by atoms with van der Waals surface area (Å²) in [5.41, 5.74) is 1.56. The van der Waals surface area contributed by atoms with E-state index in [1.165, 1.54) is 46.0 Å². The summed E-state index contributed by atoms with van der Waals surface area (Å²) in [5.74, 6) is -2.58. The van der Waals surface area contributed by atoms with Crippen LogP contribution in [0.2, 0.25) is 0 Å². The van der Waals surface area contributed by atoms with Gasteiger partial charge in [-0.25, -0.2) is 17.6 Å². The van der Waals surface area contributed by atoms with Gasteiger partial charge in [-0.2, -0.15) is 0 Å². The molecule has 1 saturated heterocycles. The molecule has 5 rings (SSSR count). The molecule has 2 aromatic rings. The van der Waals surface area contributed by atoms with Crippen LogP contribution in [0.15, 0.2) is 54.2 Å². The Hall–Kier alpha value is -3.93. The topological polar surface area (TPSA) is 119 Å². The molecule has 0 aromatic heterocycles. The molecule has 12 heteroatoms. The van der Waals surface area contributed by atoms with E-state index in [2.05, 4.69) is 10.0 Å². The molecule has 2 fully saturated rings. The fraction of sp³-hybridized carbons (Fsp3) is 0.370. The van der Waals surface area contributed by atoms with E-state index in [0.29, 0.717) is 30.5 Å². The SMILES string of the molecule is CCCS(=O)(=O)Nc1cccc(N2C(=O)N(C3CC3)C(=O)C3C(Nc4ccc(C)cc4F)=CC(=O)N(C)C32)c1. The molecule has 2 aliphatic heterocycles. The number of rotatable bonds is 8. The third-order valence-corrected chi connectivity index (χ3v) is 8.52. The van der Waals surface area contributed by atoms with E-state index in [1.807, 2.05) is 0 Å². The summed E-state index contributed by atoms with van der Waals surface area (Å²) in [7, 11) is -2.11. The zero-order chi connectivity index (χ0) is 28.1. The van der Waals surface area contributed by atoms with Crippen molar-refractivity contribution in [3.05, 3.63) is 65.6 Å². The smallest absolute Gasteiger partial charge is 0.333 e. The lowest BCUT2D eigenvalue weighted by Crippen LogP contribution is -2.69. The van der Waals surface area contributed by atoms with Gasteiger partial charge >= 0.3 is 6.03 Å². The molecule has 2 N–H and O–H groups in total. The van der Waals surface area contributed by atoms with Gasteiger partial charge in [0.15, 0.2) is 0 Å². The number of benzene rings is 2. The number of nitrogens with one attached hydrogen (secondary N) is 2. The lowest BCUT2D eigenvalue weighted by atomic mass is 9.90. The summed E-state index contributed by atoms with van der Waals surface area (Å²) in [4.78, 5) is 44.6. The first kappa shape index (κ1) is 26.7. The number of carbonyl (C=O) groups excluding carboxylic acids is 3. The average Bonchev–Trinajstić information content (AvgIpc) is 3.69. The van der Waals surface area contributed by atoms with E-state index in [-0.39, 0.29) is 28.9 Å². The summed E-state index contributed by atoms with van der Waals surface area (Å²) in [5, 5.41) is 2.94. The number of aryl methyl sites for hydroxylation is 1. The van der Waals surface area contributed by atoms with Gasteiger partial charge in [0.05, 0.1) is 17.1 Å². The van der Waals surface area contributed by atoms with Crippen molar-refractivity contribution in [2.24, 2.45) is 5.92 Å². The molecule has 2 heterocycles. The highest BCUT2D eigenvalue weighted by Gasteiger charge is 2.56. The Balaban J connectivity index is 1.58. The molecule has 1 saturated carbocycles. The number of halogens is 1. The van der Waals surface area contributed by atoms with E-state index in [0.717, 1.165) is 0 Å². The van der Waals surface area contributed by atoms with Crippen molar-refractivity contribution in [2.75, 3.05) is 27.7 Å². The average molecular weight is 556 g/mol. The Bertz CT molecular complexity index is 1490. The molecular formula is C27H30FN5O5S. The maximum atomic E-state index is 14.8. The number of anilines is 3. The zero-order valence-corrected chi connectivity index (χ0v) is 22.7. The maximum Gasteiger partial charge on any atom is 0.333 e. The molecule has 39 heavy (non-hydrogen) atoms. The number of fused-ring (bicyclic) bond motifs is 1. The maximum absolute atomic E-state index is 14.8. The van der Waals surface area contributed by atoms with Crippen molar-refractivity contribution in [2.45, 2.75) is 45.3 Å². The first-order chi connectivity index (χ1) is 18.5. The predicted octanol–water partition coefficient (Wildman–Crippen LogP) is 3.63. The van der Waals surface area contributed by atoms with Crippen LogP contribution in [0.3, 0.4) is 0 Å². The molecular weight excluding hydrogens is 525 g/mol. The van der Waals surface area contributed by atoms with Crippen LogP contribution in [-0.2, 0) is 19.6 Å². The lowest BCUT2D eigenvalue weighted by molar-refractivity contribution is -0.139. The van der Waals surface area contributed by atoms with Gasteiger partial charge < -0.3 is 10.2 Å². The van der Waals surface area contributed by atoms with Gasteiger partial charge in [-0.1, -0.05) is 19.1 Å². The van der Waals surface area contributed by atoms with E-state index >= 15 is 0 Å². The van der Waals surface area contributed by atoms with Crippen LogP contribution < -0.4 is 14.9 Å². The Kier molecular flexibility index (Phi) is 6.83. The van der Waals surface area contributed by atoms with Crippen molar-refractivity contribution in [1.82, 2.24) is 9.80 Å². The number of hydrogen-bond donors (Lipinski definition) is 2. The molecule has 2 aromatic carbocycles. The van der Waals surface area contributed by atoms with E-state index in [1.54, 1.807) is 38.1 Å². The first-order valence-corrected chi connectivity index (χ1v) is 14.4. The molecule has 2 atom stereocenters. The van der Waals surface area contributed by atoms with Crippen molar-refractivity contribution in [3.8, 4) is 0 Å². The van der Waals surface area contributed by atoms with Crippen LogP contribution >= 0.6 is 0 Å². The van der Waals surface area contributed by atoms with Crippen molar-refractivity contribution in [3.63, 3.8) is 0 Å². The molecule has 4 amide bonds. The van der Waals surface area contributed by atoms with Gasteiger partial charge in [-0.3, -0.25) is 24.1 Å². The van der Waals surface area contributed by atoms with Crippen molar-refractivity contribution < 1.29 is 27.2 Å². The van der Waals surface area contributed by atoms with Gasteiger partial charge in [0.1, 0.15) is 17.9 Å². The van der Waals surface area contributed by atoms with Crippen LogP contribution in [0.5, 0.6) is 0 Å². The molecule has 1 aliphatic carbocycles. The summed E-state index contributed by atoms with van der Waals surface area (Å²) in [6, 6.07) is 10.0. The molecule has 0 spiro atoms. The normalized spacial score (nSPS) is 21.6. The van der Waals surface area contributed by atoms with Gasteiger partial charge in [0, 0.05) is 30.5 Å². The van der Waals surface area contributed by atoms with E-state index in [4.69, 9.17) is 0 Å². The highest BCUT2D eigenvalue weighted by molar-refractivity contribution is 7.92. The lowest BCUT2D eigenvalue weighted by Gasteiger charge is -2.50. The summed E-state index contributed by atoms with van der Waals surface area (Å²) >= 11 is 0. The van der Waals surface area contributed by atoms with Crippen LogP contribution in [0, 0.1) is 18.7 Å². The molecule has 0 bridgehead atoms. The highest BCUT2D eigenvalue weighted by Crippen LogP contribution is 2.41. The third kappa shape index (κ3) is 5.08. The van der Waals surface area contributed by atoms with Gasteiger partial charge in [0.25, 0.3) is 0 Å². The molecule has 0 radical (unpaired) electrons. The molecule has 3 aliphatic rings. The largest absolute Gasteiger partial charge is 0.356 e. The van der Waals surface area contributed by atoms with Crippen LogP contribution in [0.25, 0.3) is 0 Å². The number of amides is 4. The fourth-order valence-corrected chi connectivity index (χ4v) is 6.16. The van der Waals surface area contributed by atoms with Crippen molar-refractivity contribution >= 4 is 44.9 Å². The first-order valence-electron chi connectivity index (χ1n) is 12.8. The summed E-state index contributed by atoms with van der Waals surface area (Å²) < 4.78 is 42.1. The third-order valence-electron chi connectivity index (χ3n) is 7.02. The number of urea groups is 1. The second-order valence-corrected chi connectivity index (χ2v) is 12.0. The minimum absolute atomic E-state index is 0.0683. The van der Waals surface area contributed by atoms with Crippen LogP contribution in [0.1, 0.15) is 31.7 Å². The van der Waals surface area contributed by atoms with E-state index in [9.17, 15) is 27.2 Å². The number of sulfonamides is 1. The number of likely N-dealkylation sites (N-methyl/N-ethyl adjacent to an activating group) is 1. The number of nitrogens with zero attached hydrogens (tertiary/aromatic N) is 3. The summed E-state index contributed by atoms with van der Waals surface area (Å²) in [6.07, 6.45) is 1.95. The molecule has 2 unspecified atom stereocenters. The molecule has 10 nitrogen and oxygen atoms in total. The quantitative estimate of drug-likeness (QED) is 0.514. The Morgan fingerprint density at radius 3 is 2.46 bits per heavy atom. The van der Waals surface area contributed by atoms with Crippen LogP contribution in [-0.4, -0.2) is 61.1 Å². The van der Waals surface area contributed by atoms with Gasteiger partial charge in [-0.05, 0) is 62.1 Å². The summed E-state index contributed by atoms with van der Waals surface area (Å²) in [6.45, 7) is 3.50. The fourth-order valence-electron chi connectivity index (χ4n) is 5.04. The zero-order valence-electron chi connectivity index (χ0n) is 21.8. The second-order valence-electron chi connectivity index (χ2n) is 10.1.